The zero-order chi connectivity index (χ0) is 34.3. The Morgan fingerprint density at radius 1 is 1.17 bits per heavy atom. The van der Waals surface area contributed by atoms with Gasteiger partial charge in [-0.25, -0.2) is 18.6 Å². The molecule has 0 bridgehead atoms. The second-order valence-corrected chi connectivity index (χ2v) is 13.4. The number of amides is 2. The molecule has 8 atom stereocenters. The molecule has 264 valence electrons. The van der Waals surface area contributed by atoms with Gasteiger partial charge in [-0.1, -0.05) is 19.6 Å². The van der Waals surface area contributed by atoms with Crippen molar-refractivity contribution in [1.29, 1.82) is 0 Å². The van der Waals surface area contributed by atoms with E-state index in [4.69, 9.17) is 38.4 Å². The fraction of sp³-hybridized carbons (Fsp3) is 0.611. The molecule has 2 amide bonds. The van der Waals surface area contributed by atoms with E-state index in [-0.39, 0.29) is 41.7 Å². The Bertz CT molecular complexity index is 1550. The Morgan fingerprint density at radius 3 is 2.35 bits per heavy atom. The molecule has 0 radical (unpaired) electrons. The van der Waals surface area contributed by atoms with Gasteiger partial charge < -0.3 is 71.2 Å². The minimum Gasteiger partial charge on any atom is -0.756 e. The van der Waals surface area contributed by atoms with Gasteiger partial charge in [-0.2, -0.15) is 0 Å². The number of phosphoric ester groups is 1. The molecule has 46 heavy (non-hydrogen) atoms. The van der Waals surface area contributed by atoms with Crippen LogP contribution < -0.4 is 36.8 Å². The number of aliphatic hydroxyl groups is 3. The number of carbonyl (C=O) groups is 2. The molecule has 2 aromatic heterocycles. The molecule has 1 aliphatic heterocycles. The molecule has 11 N–H and O–H groups in total. The highest BCUT2D eigenvalue weighted by Gasteiger charge is 2.45. The van der Waals surface area contributed by atoms with Gasteiger partial charge in [0, 0.05) is 20.0 Å². The van der Waals surface area contributed by atoms with Crippen LogP contribution in [0.15, 0.2) is 6.33 Å². The Labute approximate surface area is 264 Å². The van der Waals surface area contributed by atoms with Gasteiger partial charge in [0.15, 0.2) is 16.8 Å². The van der Waals surface area contributed by atoms with E-state index in [1.807, 2.05) is 0 Å². The molecule has 0 saturated carbocycles. The quantitative estimate of drug-likeness (QED) is 0.0529. The highest BCUT2D eigenvalue weighted by Crippen LogP contribution is 2.61. The number of aromatic amines is 1. The summed E-state index contributed by atoms with van der Waals surface area (Å²) in [7, 11) is -17.8. The number of nitrogens with one attached hydrogen (secondary N) is 3. The minimum absolute atomic E-state index is 0. The Kier molecular flexibility index (Phi) is 15.6. The van der Waals surface area contributed by atoms with Gasteiger partial charge in [-0.05, 0) is 0 Å². The number of nitrogens with two attached hydrogens (primary N) is 2. The Morgan fingerprint density at radius 2 is 1.78 bits per heavy atom. The highest BCUT2D eigenvalue weighted by molar-refractivity contribution is 7.71. The molecule has 0 spiro atoms. The number of rotatable bonds is 13. The first kappa shape index (κ1) is 41.7. The van der Waals surface area contributed by atoms with Crippen LogP contribution in [0.5, 0.6) is 0 Å². The molecule has 1 saturated heterocycles. The first-order chi connectivity index (χ1) is 20.7. The van der Waals surface area contributed by atoms with Crippen LogP contribution in [0.1, 0.15) is 20.6 Å². The second kappa shape index (κ2) is 17.2. The van der Waals surface area contributed by atoms with Crippen LogP contribution >= 0.6 is 35.7 Å². The number of nitrogens with zero attached hydrogens (tertiary/aromatic N) is 3. The smallest absolute Gasteiger partial charge is 0.280 e. The van der Waals surface area contributed by atoms with Crippen molar-refractivity contribution in [3.05, 3.63) is 11.0 Å². The van der Waals surface area contributed by atoms with Gasteiger partial charge >= 0.3 is 0 Å². The third kappa shape index (κ3) is 12.7. The number of phosphoric acid groups is 3. The number of nitrogen functional groups attached to an aromatic ring is 1. The lowest BCUT2D eigenvalue weighted by Crippen LogP contribution is -2.45. The third-order valence-electron chi connectivity index (χ3n) is 5.21. The number of aromatic nitrogens is 4. The van der Waals surface area contributed by atoms with E-state index >= 15 is 0 Å². The molecule has 0 aliphatic carbocycles. The molecule has 0 aromatic carbocycles. The molecule has 1 fully saturated rings. The number of hydrogen-bond acceptors (Lipinski definition) is 20. The lowest BCUT2D eigenvalue weighted by atomic mass is 10.1. The molecule has 1 aliphatic rings. The van der Waals surface area contributed by atoms with E-state index in [9.17, 15) is 48.2 Å². The van der Waals surface area contributed by atoms with E-state index in [0.717, 1.165) is 0 Å². The number of aliphatic hydroxyl groups excluding tert-OH is 3. The number of imidazole rings is 1. The molecule has 3 rings (SSSR count). The van der Waals surface area contributed by atoms with E-state index in [1.54, 1.807) is 0 Å². The maximum Gasteiger partial charge on any atom is 0.280 e. The van der Waals surface area contributed by atoms with Crippen molar-refractivity contribution >= 4 is 64.6 Å². The van der Waals surface area contributed by atoms with Crippen molar-refractivity contribution < 1.29 is 76.1 Å². The van der Waals surface area contributed by atoms with Crippen molar-refractivity contribution in [1.82, 2.24) is 30.2 Å². The maximum absolute atomic E-state index is 11.6. The van der Waals surface area contributed by atoms with Crippen LogP contribution in [0.4, 0.5) is 5.95 Å². The Hall–Kier alpha value is -2.28. The SMILES string of the molecule is C.CC(=O)NCCNC(=O)C(N)CO.Nc1nc(=S)c2ncn([C@@H]3O[C@H](COP(=O)([O-])OP(=O)([O-])OP(=O)([O-])O)[C@H](O)C3O)c2[nH]1. The summed E-state index contributed by atoms with van der Waals surface area (Å²) >= 11 is 5.01. The standard InChI is InChI=1S/C10H16N5O13P3S.C7H15N3O3.CH4/c11-10-13-7-4(8(32)14-10)12-2-15(7)9-6(17)5(16)3(26-9)1-25-30(21,22)28-31(23,24)27-29(18,19)20;1-5(12)9-2-3-10-7(13)6(8)4-11;/h2-3,5-6,9,16-17H,1H2,(H,21,22)(H,23,24)(H2,18,19,20)(H3,11,13,14,32);6,11H,2-4,8H2,1H3,(H,9,12)(H,10,13);1H4/p-3/t3-,5+,6?,9-;;/m1../s1. The maximum atomic E-state index is 11.6. The van der Waals surface area contributed by atoms with Gasteiger partial charge in [0.25, 0.3) is 23.5 Å². The van der Waals surface area contributed by atoms with Crippen LogP contribution in [-0.2, 0) is 41.2 Å². The lowest BCUT2D eigenvalue weighted by Gasteiger charge is -2.33. The number of anilines is 1. The van der Waals surface area contributed by atoms with E-state index in [0.29, 0.717) is 13.1 Å². The molecule has 3 heterocycles. The average Bonchev–Trinajstić information content (AvgIpc) is 3.43. The van der Waals surface area contributed by atoms with Crippen LogP contribution in [0.2, 0.25) is 0 Å². The molecular formula is C18H32N8O16P3S-3. The molecular weight excluding hydrogens is 709 g/mol. The molecule has 5 unspecified atom stereocenters. The molecule has 2 aromatic rings. The predicted octanol–water partition coefficient (Wildman–Crippen LogP) is -4.67. The number of ether oxygens (including phenoxy) is 1. The average molecular weight is 741 g/mol. The zero-order valence-electron chi connectivity index (χ0n) is 22.7. The van der Waals surface area contributed by atoms with Crippen LogP contribution in [-0.4, -0.2) is 102 Å². The Balaban J connectivity index is 0.000000642. The van der Waals surface area contributed by atoms with Gasteiger partial charge in [-0.15, -0.1) is 0 Å². The highest BCUT2D eigenvalue weighted by atomic mass is 32.1. The molecule has 28 heteroatoms. The monoisotopic (exact) mass is 741 g/mol. The van der Waals surface area contributed by atoms with E-state index < -0.39 is 66.6 Å². The van der Waals surface area contributed by atoms with Gasteiger partial charge in [0.05, 0.1) is 19.5 Å². The van der Waals surface area contributed by atoms with Gasteiger partial charge in [-0.3, -0.25) is 27.9 Å². The van der Waals surface area contributed by atoms with Crippen molar-refractivity contribution in [3.63, 3.8) is 0 Å². The van der Waals surface area contributed by atoms with Gasteiger partial charge in [0.2, 0.25) is 11.8 Å². The summed E-state index contributed by atoms with van der Waals surface area (Å²) in [6.45, 7) is 0.606. The normalized spacial score (nSPS) is 23.8. The van der Waals surface area contributed by atoms with Gasteiger partial charge in [0.1, 0.15) is 35.5 Å². The summed E-state index contributed by atoms with van der Waals surface area (Å²) in [4.78, 5) is 73.3. The third-order valence-corrected chi connectivity index (χ3v) is 9.18. The first-order valence-electron chi connectivity index (χ1n) is 12.0. The summed E-state index contributed by atoms with van der Waals surface area (Å²) < 4.78 is 50.7. The lowest BCUT2D eigenvalue weighted by molar-refractivity contribution is -0.250. The summed E-state index contributed by atoms with van der Waals surface area (Å²) in [6, 6.07) is -0.891. The second-order valence-electron chi connectivity index (χ2n) is 8.71. The minimum atomic E-state index is -6.09. The number of carbonyl (C=O) groups excluding carboxylic acids is 2. The van der Waals surface area contributed by atoms with E-state index in [2.05, 4.69) is 38.7 Å². The summed E-state index contributed by atoms with van der Waals surface area (Å²) in [5.74, 6) is -0.662. The summed E-state index contributed by atoms with van der Waals surface area (Å²) in [6.07, 6.45) is -5.12. The molecule has 24 nitrogen and oxygen atoms in total. The topological polar surface area (TPSA) is 395 Å². The largest absolute Gasteiger partial charge is 0.756 e. The fourth-order valence-corrected chi connectivity index (χ4v) is 6.48. The zero-order valence-corrected chi connectivity index (χ0v) is 26.2. The number of H-pyrrole nitrogens is 1. The van der Waals surface area contributed by atoms with Crippen LogP contribution in [0, 0.1) is 4.64 Å². The predicted molar refractivity (Wildman–Crippen MR) is 150 cm³/mol. The van der Waals surface area contributed by atoms with Crippen molar-refractivity contribution in [3.8, 4) is 0 Å². The van der Waals surface area contributed by atoms with Crippen molar-refractivity contribution in [2.45, 2.75) is 44.9 Å². The summed E-state index contributed by atoms with van der Waals surface area (Å²) in [5, 5.41) is 33.9. The van der Waals surface area contributed by atoms with Crippen molar-refractivity contribution in [2.24, 2.45) is 5.73 Å². The first-order valence-corrected chi connectivity index (χ1v) is 16.8. The summed E-state index contributed by atoms with van der Waals surface area (Å²) in [5.41, 5.74) is 11.1. The van der Waals surface area contributed by atoms with Crippen LogP contribution in [0.25, 0.3) is 11.2 Å². The number of fused-ring (bicyclic) bond motifs is 1. The number of hydrogen-bond donors (Lipinski definition) is 9. The fourth-order valence-electron chi connectivity index (χ4n) is 3.33. The van der Waals surface area contributed by atoms with Crippen molar-refractivity contribution in [2.75, 3.05) is 32.0 Å². The van der Waals surface area contributed by atoms with E-state index in [1.165, 1.54) is 17.8 Å². The van der Waals surface area contributed by atoms with Crippen LogP contribution in [0.3, 0.4) is 0 Å².